The minimum absolute atomic E-state index is 0.00190. The lowest BCUT2D eigenvalue weighted by Crippen LogP contribution is -2.15. The fourth-order valence-electron chi connectivity index (χ4n) is 1.40. The van der Waals surface area contributed by atoms with Gasteiger partial charge in [0.05, 0.1) is 10.6 Å². The molecule has 0 radical (unpaired) electrons. The number of amidine groups is 1. The summed E-state index contributed by atoms with van der Waals surface area (Å²) in [6, 6.07) is 7.03. The molecule has 0 saturated heterocycles. The monoisotopic (exact) mass is 294 g/mol. The van der Waals surface area contributed by atoms with E-state index in [4.69, 9.17) is 22.5 Å². The minimum Gasteiger partial charge on any atom is -0.409 e. The summed E-state index contributed by atoms with van der Waals surface area (Å²) in [7, 11) is 0. The quantitative estimate of drug-likeness (QED) is 0.393. The van der Waals surface area contributed by atoms with Gasteiger partial charge in [-0.05, 0) is 43.0 Å². The number of hydrogen-bond acceptors (Lipinski definition) is 5. The standard InChI is InChI=1S/C12H11ClN4OS/c1-7-4-5-8(10(14)17-18)11(16-7)19-12-9(13)3-2-6-15-12/h2-6,18H,1H3,(H2,14,17). The van der Waals surface area contributed by atoms with E-state index in [1.165, 1.54) is 11.8 Å². The first-order valence-electron chi connectivity index (χ1n) is 5.35. The molecular formula is C12H11ClN4OS. The Morgan fingerprint density at radius 3 is 2.84 bits per heavy atom. The molecule has 0 fully saturated rings. The second kappa shape index (κ2) is 5.90. The molecule has 98 valence electrons. The van der Waals surface area contributed by atoms with Crippen molar-refractivity contribution in [1.29, 1.82) is 0 Å². The number of pyridine rings is 2. The van der Waals surface area contributed by atoms with Crippen LogP contribution in [0.15, 0.2) is 45.7 Å². The summed E-state index contributed by atoms with van der Waals surface area (Å²) in [5.41, 5.74) is 6.99. The fraction of sp³-hybridized carbons (Fsp3) is 0.0833. The van der Waals surface area contributed by atoms with Gasteiger partial charge in [-0.3, -0.25) is 0 Å². The Labute approximate surface area is 119 Å². The van der Waals surface area contributed by atoms with E-state index in [0.717, 1.165) is 5.69 Å². The van der Waals surface area contributed by atoms with E-state index in [2.05, 4.69) is 15.1 Å². The maximum atomic E-state index is 8.79. The number of hydrogen-bond donors (Lipinski definition) is 2. The van der Waals surface area contributed by atoms with Gasteiger partial charge in [-0.1, -0.05) is 16.8 Å². The number of nitrogens with two attached hydrogens (primary N) is 1. The highest BCUT2D eigenvalue weighted by Crippen LogP contribution is 2.32. The van der Waals surface area contributed by atoms with Crippen molar-refractivity contribution < 1.29 is 5.21 Å². The van der Waals surface area contributed by atoms with Gasteiger partial charge in [0.25, 0.3) is 0 Å². The van der Waals surface area contributed by atoms with Crippen molar-refractivity contribution in [2.24, 2.45) is 10.9 Å². The molecule has 19 heavy (non-hydrogen) atoms. The average Bonchev–Trinajstić information content (AvgIpc) is 2.41. The van der Waals surface area contributed by atoms with Crippen LogP contribution in [0.25, 0.3) is 0 Å². The first kappa shape index (κ1) is 13.6. The molecule has 0 spiro atoms. The van der Waals surface area contributed by atoms with Crippen LogP contribution in [0.1, 0.15) is 11.3 Å². The Bertz CT molecular complexity index is 633. The van der Waals surface area contributed by atoms with E-state index in [1.54, 1.807) is 30.5 Å². The van der Waals surface area contributed by atoms with Gasteiger partial charge in [-0.2, -0.15) is 0 Å². The second-order valence-corrected chi connectivity index (χ2v) is 5.07. The highest BCUT2D eigenvalue weighted by molar-refractivity contribution is 7.99. The molecule has 0 aliphatic heterocycles. The largest absolute Gasteiger partial charge is 0.409 e. The van der Waals surface area contributed by atoms with Gasteiger partial charge in [0, 0.05) is 11.9 Å². The van der Waals surface area contributed by atoms with E-state index in [-0.39, 0.29) is 5.84 Å². The van der Waals surface area contributed by atoms with Crippen LogP contribution in [0.4, 0.5) is 0 Å². The number of nitrogens with zero attached hydrogens (tertiary/aromatic N) is 3. The smallest absolute Gasteiger partial charge is 0.172 e. The minimum atomic E-state index is 0.00190. The van der Waals surface area contributed by atoms with Crippen molar-refractivity contribution in [2.45, 2.75) is 17.0 Å². The topological polar surface area (TPSA) is 84.4 Å². The van der Waals surface area contributed by atoms with Crippen LogP contribution < -0.4 is 5.73 Å². The van der Waals surface area contributed by atoms with E-state index in [1.807, 2.05) is 6.92 Å². The molecule has 2 heterocycles. The second-order valence-electron chi connectivity index (χ2n) is 3.68. The molecular weight excluding hydrogens is 284 g/mol. The van der Waals surface area contributed by atoms with Crippen LogP contribution in [0.2, 0.25) is 5.02 Å². The summed E-state index contributed by atoms with van der Waals surface area (Å²) >= 11 is 7.33. The fourth-order valence-corrected chi connectivity index (χ4v) is 2.57. The van der Waals surface area contributed by atoms with E-state index >= 15 is 0 Å². The molecule has 2 rings (SSSR count). The average molecular weight is 295 g/mol. The van der Waals surface area contributed by atoms with Gasteiger partial charge in [0.1, 0.15) is 10.1 Å². The molecule has 0 saturated carbocycles. The number of rotatable bonds is 3. The molecule has 0 atom stereocenters. The van der Waals surface area contributed by atoms with Gasteiger partial charge in [-0.15, -0.1) is 0 Å². The Morgan fingerprint density at radius 1 is 1.37 bits per heavy atom. The summed E-state index contributed by atoms with van der Waals surface area (Å²) in [4.78, 5) is 8.55. The SMILES string of the molecule is Cc1ccc(C(N)=NO)c(Sc2ncccc2Cl)n1. The maximum absolute atomic E-state index is 8.79. The highest BCUT2D eigenvalue weighted by Gasteiger charge is 2.13. The number of oxime groups is 1. The van der Waals surface area contributed by atoms with Gasteiger partial charge in [0.15, 0.2) is 5.84 Å². The van der Waals surface area contributed by atoms with Crippen molar-refractivity contribution in [2.75, 3.05) is 0 Å². The molecule has 0 unspecified atom stereocenters. The summed E-state index contributed by atoms with van der Waals surface area (Å²) in [6.07, 6.45) is 1.65. The lowest BCUT2D eigenvalue weighted by atomic mass is 10.2. The van der Waals surface area contributed by atoms with Gasteiger partial charge in [0.2, 0.25) is 0 Å². The Kier molecular flexibility index (Phi) is 4.24. The van der Waals surface area contributed by atoms with Crippen LogP contribution in [-0.4, -0.2) is 21.0 Å². The highest BCUT2D eigenvalue weighted by atomic mass is 35.5. The summed E-state index contributed by atoms with van der Waals surface area (Å²) in [5, 5.41) is 13.5. The zero-order chi connectivity index (χ0) is 13.8. The predicted molar refractivity (Wildman–Crippen MR) is 74.9 cm³/mol. The normalized spacial score (nSPS) is 11.6. The third-order valence-electron chi connectivity index (χ3n) is 2.30. The summed E-state index contributed by atoms with van der Waals surface area (Å²) < 4.78 is 0. The molecule has 2 aromatic heterocycles. The summed E-state index contributed by atoms with van der Waals surface area (Å²) in [6.45, 7) is 1.86. The Morgan fingerprint density at radius 2 is 2.16 bits per heavy atom. The Hall–Kier alpha value is -1.79. The van der Waals surface area contributed by atoms with Crippen molar-refractivity contribution in [3.63, 3.8) is 0 Å². The lowest BCUT2D eigenvalue weighted by Gasteiger charge is -2.08. The maximum Gasteiger partial charge on any atom is 0.172 e. The third-order valence-corrected chi connectivity index (χ3v) is 3.74. The van der Waals surface area contributed by atoms with Crippen LogP contribution in [0.5, 0.6) is 0 Å². The molecule has 3 N–H and O–H groups in total. The third kappa shape index (κ3) is 3.15. The van der Waals surface area contributed by atoms with Crippen molar-refractivity contribution in [3.05, 3.63) is 46.7 Å². The molecule has 7 heteroatoms. The predicted octanol–water partition coefficient (Wildman–Crippen LogP) is 2.68. The zero-order valence-electron chi connectivity index (χ0n) is 10.0. The summed E-state index contributed by atoms with van der Waals surface area (Å²) in [5.74, 6) is 0.00190. The van der Waals surface area contributed by atoms with E-state index < -0.39 is 0 Å². The molecule has 2 aromatic rings. The zero-order valence-corrected chi connectivity index (χ0v) is 11.6. The van der Waals surface area contributed by atoms with Crippen molar-refractivity contribution in [1.82, 2.24) is 9.97 Å². The van der Waals surface area contributed by atoms with Crippen LogP contribution in [0, 0.1) is 6.92 Å². The van der Waals surface area contributed by atoms with Gasteiger partial charge in [-0.25, -0.2) is 9.97 Å². The van der Waals surface area contributed by atoms with E-state index in [9.17, 15) is 0 Å². The molecule has 0 aliphatic rings. The van der Waals surface area contributed by atoms with E-state index in [0.29, 0.717) is 20.6 Å². The number of aryl methyl sites for hydroxylation is 1. The number of halogens is 1. The van der Waals surface area contributed by atoms with Gasteiger partial charge >= 0.3 is 0 Å². The van der Waals surface area contributed by atoms with Crippen LogP contribution in [0.3, 0.4) is 0 Å². The van der Waals surface area contributed by atoms with Crippen molar-refractivity contribution >= 4 is 29.2 Å². The lowest BCUT2D eigenvalue weighted by molar-refractivity contribution is 0.318. The molecule has 0 bridgehead atoms. The van der Waals surface area contributed by atoms with Gasteiger partial charge < -0.3 is 10.9 Å². The Balaban J connectivity index is 2.44. The van der Waals surface area contributed by atoms with Crippen LogP contribution in [-0.2, 0) is 0 Å². The van der Waals surface area contributed by atoms with Crippen molar-refractivity contribution in [3.8, 4) is 0 Å². The molecule has 0 aliphatic carbocycles. The molecule has 5 nitrogen and oxygen atoms in total. The number of aromatic nitrogens is 2. The molecule has 0 aromatic carbocycles. The first-order chi connectivity index (χ1) is 9.11. The molecule has 0 amide bonds. The van der Waals surface area contributed by atoms with Crippen LogP contribution >= 0.6 is 23.4 Å². The first-order valence-corrected chi connectivity index (χ1v) is 6.55.